The Bertz CT molecular complexity index is 370. The van der Waals surface area contributed by atoms with E-state index in [9.17, 15) is 4.79 Å². The predicted octanol–water partition coefficient (Wildman–Crippen LogP) is 2.18. The maximum atomic E-state index is 12.0. The van der Waals surface area contributed by atoms with Crippen molar-refractivity contribution in [3.05, 3.63) is 17.5 Å². The first-order valence-electron chi connectivity index (χ1n) is 6.48. The van der Waals surface area contributed by atoms with E-state index in [0.717, 1.165) is 18.5 Å². The Balaban J connectivity index is 1.95. The van der Waals surface area contributed by atoms with Gasteiger partial charge in [0.1, 0.15) is 5.69 Å². The molecule has 0 bridgehead atoms. The van der Waals surface area contributed by atoms with Gasteiger partial charge in [-0.25, -0.2) is 0 Å². The standard InChI is InChI=1S/C13H21N3O/c1-10-9-12(15-16(10)2)13(17)14-11-7-5-3-4-6-8-11/h9,11H,3-8H2,1-2H3,(H,14,17). The van der Waals surface area contributed by atoms with Crippen LogP contribution in [0.1, 0.15) is 54.7 Å². The van der Waals surface area contributed by atoms with Crippen LogP contribution in [0.5, 0.6) is 0 Å². The Hall–Kier alpha value is -1.32. The number of nitrogens with one attached hydrogen (secondary N) is 1. The van der Waals surface area contributed by atoms with Crippen molar-refractivity contribution in [3.8, 4) is 0 Å². The third-order valence-corrected chi connectivity index (χ3v) is 3.54. The summed E-state index contributed by atoms with van der Waals surface area (Å²) in [4.78, 5) is 12.0. The minimum Gasteiger partial charge on any atom is -0.348 e. The Morgan fingerprint density at radius 2 is 2.00 bits per heavy atom. The highest BCUT2D eigenvalue weighted by molar-refractivity contribution is 5.92. The molecule has 1 aliphatic carbocycles. The quantitative estimate of drug-likeness (QED) is 0.799. The van der Waals surface area contributed by atoms with Crippen molar-refractivity contribution >= 4 is 5.91 Å². The Morgan fingerprint density at radius 3 is 2.53 bits per heavy atom. The van der Waals surface area contributed by atoms with Gasteiger partial charge in [0.05, 0.1) is 0 Å². The maximum absolute atomic E-state index is 12.0. The van der Waals surface area contributed by atoms with Gasteiger partial charge in [-0.1, -0.05) is 25.7 Å². The van der Waals surface area contributed by atoms with E-state index < -0.39 is 0 Å². The second-order valence-corrected chi connectivity index (χ2v) is 4.96. The highest BCUT2D eigenvalue weighted by Crippen LogP contribution is 2.17. The molecule has 2 rings (SSSR count). The highest BCUT2D eigenvalue weighted by Gasteiger charge is 2.17. The van der Waals surface area contributed by atoms with Crippen LogP contribution < -0.4 is 5.32 Å². The molecule has 0 spiro atoms. The number of rotatable bonds is 2. The van der Waals surface area contributed by atoms with Crippen LogP contribution in [0.25, 0.3) is 0 Å². The summed E-state index contributed by atoms with van der Waals surface area (Å²) in [6.07, 6.45) is 7.28. The summed E-state index contributed by atoms with van der Waals surface area (Å²) in [6.45, 7) is 1.95. The van der Waals surface area contributed by atoms with Gasteiger partial charge in [-0.2, -0.15) is 5.10 Å². The second kappa shape index (κ2) is 5.34. The lowest BCUT2D eigenvalue weighted by atomic mass is 10.1. The molecule has 0 aliphatic heterocycles. The average molecular weight is 235 g/mol. The molecule has 1 aromatic heterocycles. The number of carbonyl (C=O) groups excluding carboxylic acids is 1. The number of amides is 1. The number of nitrogens with zero attached hydrogens (tertiary/aromatic N) is 2. The molecule has 1 aliphatic rings. The number of carbonyl (C=O) groups is 1. The van der Waals surface area contributed by atoms with Gasteiger partial charge < -0.3 is 5.32 Å². The first-order valence-corrected chi connectivity index (χ1v) is 6.48. The van der Waals surface area contributed by atoms with Crippen LogP contribution >= 0.6 is 0 Å². The van der Waals surface area contributed by atoms with Crippen LogP contribution in [0, 0.1) is 6.92 Å². The SMILES string of the molecule is Cc1cc(C(=O)NC2CCCCCC2)nn1C. The Morgan fingerprint density at radius 1 is 1.35 bits per heavy atom. The van der Waals surface area contributed by atoms with Gasteiger partial charge in [0.25, 0.3) is 5.91 Å². The molecule has 4 heteroatoms. The zero-order valence-electron chi connectivity index (χ0n) is 10.7. The molecular weight excluding hydrogens is 214 g/mol. The van der Waals surface area contributed by atoms with Gasteiger partial charge in [-0.05, 0) is 25.8 Å². The van der Waals surface area contributed by atoms with Crippen molar-refractivity contribution in [1.82, 2.24) is 15.1 Å². The van der Waals surface area contributed by atoms with E-state index in [1.54, 1.807) is 4.68 Å². The predicted molar refractivity (Wildman–Crippen MR) is 66.9 cm³/mol. The average Bonchev–Trinajstić information content (AvgIpc) is 2.54. The van der Waals surface area contributed by atoms with Crippen molar-refractivity contribution in [1.29, 1.82) is 0 Å². The fourth-order valence-electron chi connectivity index (χ4n) is 2.35. The zero-order valence-corrected chi connectivity index (χ0v) is 10.7. The topological polar surface area (TPSA) is 46.9 Å². The molecule has 1 amide bonds. The lowest BCUT2D eigenvalue weighted by Crippen LogP contribution is -2.34. The number of aryl methyl sites for hydroxylation is 2. The molecule has 0 atom stereocenters. The van der Waals surface area contributed by atoms with Crippen molar-refractivity contribution in [2.45, 2.75) is 51.5 Å². The molecule has 1 N–H and O–H groups in total. The summed E-state index contributed by atoms with van der Waals surface area (Å²) < 4.78 is 1.74. The van der Waals surface area contributed by atoms with E-state index in [1.165, 1.54) is 25.7 Å². The molecule has 4 nitrogen and oxygen atoms in total. The third-order valence-electron chi connectivity index (χ3n) is 3.54. The molecule has 1 heterocycles. The summed E-state index contributed by atoms with van der Waals surface area (Å²) in [5, 5.41) is 7.30. The van der Waals surface area contributed by atoms with E-state index in [0.29, 0.717) is 11.7 Å². The molecule has 0 aromatic carbocycles. The fourth-order valence-corrected chi connectivity index (χ4v) is 2.35. The molecule has 1 aromatic rings. The number of hydrogen-bond donors (Lipinski definition) is 1. The lowest BCUT2D eigenvalue weighted by Gasteiger charge is -2.14. The van der Waals surface area contributed by atoms with Crippen molar-refractivity contribution in [3.63, 3.8) is 0 Å². The summed E-state index contributed by atoms with van der Waals surface area (Å²) in [5.41, 5.74) is 1.55. The molecule has 94 valence electrons. The van der Waals surface area contributed by atoms with E-state index in [1.807, 2.05) is 20.0 Å². The molecule has 17 heavy (non-hydrogen) atoms. The number of aromatic nitrogens is 2. The highest BCUT2D eigenvalue weighted by atomic mass is 16.2. The molecule has 0 radical (unpaired) electrons. The zero-order chi connectivity index (χ0) is 12.3. The third kappa shape index (κ3) is 3.08. The van der Waals surface area contributed by atoms with Crippen LogP contribution in [-0.4, -0.2) is 21.7 Å². The van der Waals surface area contributed by atoms with Crippen LogP contribution in [0.4, 0.5) is 0 Å². The second-order valence-electron chi connectivity index (χ2n) is 4.96. The smallest absolute Gasteiger partial charge is 0.272 e. The lowest BCUT2D eigenvalue weighted by molar-refractivity contribution is 0.0927. The fraction of sp³-hybridized carbons (Fsp3) is 0.692. The van der Waals surface area contributed by atoms with E-state index in [2.05, 4.69) is 10.4 Å². The molecule has 1 fully saturated rings. The first-order chi connectivity index (χ1) is 8.16. The van der Waals surface area contributed by atoms with Crippen molar-refractivity contribution < 1.29 is 4.79 Å². The molecule has 1 saturated carbocycles. The van der Waals surface area contributed by atoms with Crippen LogP contribution in [0.15, 0.2) is 6.07 Å². The maximum Gasteiger partial charge on any atom is 0.272 e. The largest absolute Gasteiger partial charge is 0.348 e. The van der Waals surface area contributed by atoms with Gasteiger partial charge in [-0.15, -0.1) is 0 Å². The van der Waals surface area contributed by atoms with Gasteiger partial charge in [0.15, 0.2) is 0 Å². The van der Waals surface area contributed by atoms with E-state index >= 15 is 0 Å². The first kappa shape index (κ1) is 12.1. The summed E-state index contributed by atoms with van der Waals surface area (Å²) in [5.74, 6) is -0.0272. The summed E-state index contributed by atoms with van der Waals surface area (Å²) >= 11 is 0. The van der Waals surface area contributed by atoms with E-state index in [4.69, 9.17) is 0 Å². The van der Waals surface area contributed by atoms with Crippen LogP contribution in [0.3, 0.4) is 0 Å². The summed E-state index contributed by atoms with van der Waals surface area (Å²) in [6, 6.07) is 2.18. The van der Waals surface area contributed by atoms with Gasteiger partial charge in [0, 0.05) is 18.8 Å². The van der Waals surface area contributed by atoms with Gasteiger partial charge in [-0.3, -0.25) is 9.48 Å². The molecular formula is C13H21N3O. The van der Waals surface area contributed by atoms with E-state index in [-0.39, 0.29) is 5.91 Å². The molecule has 0 saturated heterocycles. The number of hydrogen-bond acceptors (Lipinski definition) is 2. The van der Waals surface area contributed by atoms with Gasteiger partial charge >= 0.3 is 0 Å². The molecule has 0 unspecified atom stereocenters. The normalized spacial score (nSPS) is 17.8. The van der Waals surface area contributed by atoms with Crippen LogP contribution in [-0.2, 0) is 7.05 Å². The van der Waals surface area contributed by atoms with Crippen LogP contribution in [0.2, 0.25) is 0 Å². The Labute approximate surface area is 102 Å². The minimum atomic E-state index is -0.0272. The minimum absolute atomic E-state index is 0.0272. The van der Waals surface area contributed by atoms with Gasteiger partial charge in [0.2, 0.25) is 0 Å². The van der Waals surface area contributed by atoms with Crippen molar-refractivity contribution in [2.24, 2.45) is 7.05 Å². The monoisotopic (exact) mass is 235 g/mol. The van der Waals surface area contributed by atoms with Crippen molar-refractivity contribution in [2.75, 3.05) is 0 Å². The summed E-state index contributed by atoms with van der Waals surface area (Å²) in [7, 11) is 1.86. The Kier molecular flexibility index (Phi) is 3.82.